The third-order valence-electron chi connectivity index (χ3n) is 8.39. The number of carboxylic acid groups (broad SMARTS) is 1. The quantitative estimate of drug-likeness (QED) is 0.136. The SMILES string of the molecule is CNCC(CCCCCCC(O)(CNC1(C)CCNC(N)C1)CC(=O)O)CCC1CCC(O)C(C)N1. The molecule has 9 heteroatoms. The van der Waals surface area contributed by atoms with Gasteiger partial charge in [-0.25, -0.2) is 0 Å². The minimum absolute atomic E-state index is 0.0778. The first kappa shape index (κ1) is 31.4. The van der Waals surface area contributed by atoms with E-state index < -0.39 is 11.6 Å². The van der Waals surface area contributed by atoms with Gasteiger partial charge in [0.05, 0.1) is 24.3 Å². The van der Waals surface area contributed by atoms with E-state index in [9.17, 15) is 20.1 Å². The van der Waals surface area contributed by atoms with Gasteiger partial charge in [0.15, 0.2) is 0 Å². The van der Waals surface area contributed by atoms with Gasteiger partial charge in [-0.2, -0.15) is 0 Å². The molecule has 0 bridgehead atoms. The van der Waals surface area contributed by atoms with Crippen molar-refractivity contribution in [3.63, 3.8) is 0 Å². The molecule has 0 amide bonds. The van der Waals surface area contributed by atoms with Crippen molar-refractivity contribution in [3.8, 4) is 0 Å². The lowest BCUT2D eigenvalue weighted by molar-refractivity contribution is -0.143. The molecule has 0 saturated carbocycles. The fourth-order valence-electron chi connectivity index (χ4n) is 5.98. The molecule has 36 heavy (non-hydrogen) atoms. The molecule has 0 spiro atoms. The van der Waals surface area contributed by atoms with E-state index in [-0.39, 0.29) is 36.8 Å². The van der Waals surface area contributed by atoms with E-state index in [2.05, 4.69) is 35.1 Å². The predicted octanol–water partition coefficient (Wildman–Crippen LogP) is 1.67. The molecule has 0 aromatic carbocycles. The molecule has 2 aliphatic rings. The zero-order valence-corrected chi connectivity index (χ0v) is 23.0. The van der Waals surface area contributed by atoms with Crippen LogP contribution >= 0.6 is 0 Å². The summed E-state index contributed by atoms with van der Waals surface area (Å²) < 4.78 is 0. The smallest absolute Gasteiger partial charge is 0.306 e. The second-order valence-electron chi connectivity index (χ2n) is 12.0. The summed E-state index contributed by atoms with van der Waals surface area (Å²) in [5.74, 6) is -0.318. The summed E-state index contributed by atoms with van der Waals surface area (Å²) in [6.07, 6.45) is 11.1. The maximum atomic E-state index is 11.4. The minimum atomic E-state index is -1.24. The van der Waals surface area contributed by atoms with E-state index in [1.807, 2.05) is 7.05 Å². The molecule has 212 valence electrons. The number of aliphatic carboxylic acids is 1. The highest BCUT2D eigenvalue weighted by Gasteiger charge is 2.35. The molecule has 9 N–H and O–H groups in total. The van der Waals surface area contributed by atoms with Gasteiger partial charge in [-0.1, -0.05) is 25.7 Å². The summed E-state index contributed by atoms with van der Waals surface area (Å²) >= 11 is 0. The van der Waals surface area contributed by atoms with Crippen LogP contribution in [0.25, 0.3) is 0 Å². The topological polar surface area (TPSA) is 152 Å². The summed E-state index contributed by atoms with van der Waals surface area (Å²) in [5.41, 5.74) is 4.61. The van der Waals surface area contributed by atoms with Crippen molar-refractivity contribution < 1.29 is 20.1 Å². The number of nitrogens with one attached hydrogen (secondary N) is 4. The van der Waals surface area contributed by atoms with Crippen molar-refractivity contribution >= 4 is 5.97 Å². The number of carboxylic acids is 1. The average molecular weight is 514 g/mol. The molecule has 9 nitrogen and oxygen atoms in total. The van der Waals surface area contributed by atoms with E-state index in [1.54, 1.807) is 0 Å². The fraction of sp³-hybridized carbons (Fsp3) is 0.963. The zero-order valence-electron chi connectivity index (χ0n) is 23.0. The Kier molecular flexibility index (Phi) is 13.6. The summed E-state index contributed by atoms with van der Waals surface area (Å²) in [5, 5.41) is 44.0. The van der Waals surface area contributed by atoms with Crippen LogP contribution in [0.15, 0.2) is 0 Å². The predicted molar refractivity (Wildman–Crippen MR) is 145 cm³/mol. The summed E-state index contributed by atoms with van der Waals surface area (Å²) in [7, 11) is 2.01. The molecule has 7 atom stereocenters. The van der Waals surface area contributed by atoms with Crippen molar-refractivity contribution in [1.29, 1.82) is 0 Å². The Hall–Kier alpha value is -0.810. The van der Waals surface area contributed by atoms with Crippen molar-refractivity contribution in [2.45, 2.75) is 133 Å². The highest BCUT2D eigenvalue weighted by molar-refractivity contribution is 5.68. The largest absolute Gasteiger partial charge is 0.481 e. The molecule has 0 radical (unpaired) electrons. The molecule has 0 aliphatic carbocycles. The summed E-state index contributed by atoms with van der Waals surface area (Å²) in [6, 6.07) is 0.688. The Morgan fingerprint density at radius 1 is 1.22 bits per heavy atom. The standard InChI is InChI=1S/C27H55N5O4/c1-20-23(33)12-11-22(32-20)10-9-21(18-29-3)8-6-4-5-7-13-27(36,17-25(34)35)19-31-26(2)14-15-30-24(28)16-26/h20-24,29-33,36H,4-19,28H2,1-3H3,(H,34,35). The Morgan fingerprint density at radius 3 is 2.64 bits per heavy atom. The molecule has 2 aliphatic heterocycles. The van der Waals surface area contributed by atoms with Crippen LogP contribution in [0.2, 0.25) is 0 Å². The lowest BCUT2D eigenvalue weighted by Crippen LogP contribution is -2.59. The third kappa shape index (κ3) is 11.7. The average Bonchev–Trinajstić information content (AvgIpc) is 2.80. The van der Waals surface area contributed by atoms with Gasteiger partial charge in [0.25, 0.3) is 0 Å². The van der Waals surface area contributed by atoms with Crippen molar-refractivity contribution in [1.82, 2.24) is 21.3 Å². The molecule has 2 fully saturated rings. The minimum Gasteiger partial charge on any atom is -0.481 e. The van der Waals surface area contributed by atoms with E-state index in [4.69, 9.17) is 5.73 Å². The summed E-state index contributed by atoms with van der Waals surface area (Å²) in [4.78, 5) is 11.4. The molecular formula is C27H55N5O4. The van der Waals surface area contributed by atoms with Gasteiger partial charge in [-0.3, -0.25) is 4.79 Å². The van der Waals surface area contributed by atoms with Crippen molar-refractivity contribution in [3.05, 3.63) is 0 Å². The van der Waals surface area contributed by atoms with Gasteiger partial charge in [-0.15, -0.1) is 0 Å². The molecule has 0 aromatic rings. The van der Waals surface area contributed by atoms with Gasteiger partial charge < -0.3 is 42.3 Å². The normalized spacial score (nSPS) is 31.6. The number of carbonyl (C=O) groups is 1. The Morgan fingerprint density at radius 2 is 1.97 bits per heavy atom. The monoisotopic (exact) mass is 513 g/mol. The zero-order chi connectivity index (χ0) is 26.6. The number of hydrogen-bond donors (Lipinski definition) is 8. The van der Waals surface area contributed by atoms with Crippen molar-refractivity contribution in [2.24, 2.45) is 11.7 Å². The molecule has 2 rings (SSSR count). The number of hydrogen-bond acceptors (Lipinski definition) is 8. The van der Waals surface area contributed by atoms with Gasteiger partial charge in [0.1, 0.15) is 0 Å². The fourth-order valence-corrected chi connectivity index (χ4v) is 5.98. The molecule has 0 aromatic heterocycles. The molecule has 2 heterocycles. The lowest BCUT2D eigenvalue weighted by Gasteiger charge is -2.41. The molecule has 7 unspecified atom stereocenters. The number of β-amino-alcohol motifs (C(OH)–C–C–N with tert-alkyl or cyclic N) is 1. The Balaban J connectivity index is 1.68. The summed E-state index contributed by atoms with van der Waals surface area (Å²) in [6.45, 7) is 6.28. The van der Waals surface area contributed by atoms with Gasteiger partial charge in [0, 0.05) is 24.2 Å². The first-order valence-electron chi connectivity index (χ1n) is 14.3. The van der Waals surface area contributed by atoms with Crippen LogP contribution < -0.4 is 27.0 Å². The van der Waals surface area contributed by atoms with Crippen LogP contribution in [0.4, 0.5) is 0 Å². The van der Waals surface area contributed by atoms with Gasteiger partial charge in [-0.05, 0) is 91.3 Å². The second kappa shape index (κ2) is 15.6. The van der Waals surface area contributed by atoms with Crippen molar-refractivity contribution in [2.75, 3.05) is 26.7 Å². The van der Waals surface area contributed by atoms with Crippen LogP contribution in [0.3, 0.4) is 0 Å². The van der Waals surface area contributed by atoms with Crippen LogP contribution in [0, 0.1) is 5.92 Å². The number of unbranched alkanes of at least 4 members (excludes halogenated alkanes) is 3. The van der Waals surface area contributed by atoms with Crippen LogP contribution in [0.1, 0.15) is 97.3 Å². The van der Waals surface area contributed by atoms with Crippen LogP contribution in [-0.2, 0) is 4.79 Å². The van der Waals surface area contributed by atoms with E-state index in [0.717, 1.165) is 70.9 Å². The Labute approximate surface area is 218 Å². The highest BCUT2D eigenvalue weighted by atomic mass is 16.4. The van der Waals surface area contributed by atoms with Gasteiger partial charge in [0.2, 0.25) is 0 Å². The van der Waals surface area contributed by atoms with Crippen LogP contribution in [0.5, 0.6) is 0 Å². The molecule has 2 saturated heterocycles. The lowest BCUT2D eigenvalue weighted by atomic mass is 9.86. The maximum absolute atomic E-state index is 11.4. The number of aliphatic hydroxyl groups excluding tert-OH is 1. The molecular weight excluding hydrogens is 458 g/mol. The Bertz CT molecular complexity index is 641. The highest BCUT2D eigenvalue weighted by Crippen LogP contribution is 2.25. The van der Waals surface area contributed by atoms with E-state index >= 15 is 0 Å². The number of aliphatic hydroxyl groups is 2. The number of rotatable bonds is 17. The second-order valence-corrected chi connectivity index (χ2v) is 12.0. The number of nitrogens with two attached hydrogens (primary N) is 1. The first-order chi connectivity index (χ1) is 17.0. The maximum Gasteiger partial charge on any atom is 0.306 e. The van der Waals surface area contributed by atoms with E-state index in [0.29, 0.717) is 18.4 Å². The third-order valence-corrected chi connectivity index (χ3v) is 8.39. The number of piperidine rings is 2. The van der Waals surface area contributed by atoms with Gasteiger partial charge >= 0.3 is 5.97 Å². The van der Waals surface area contributed by atoms with Crippen LogP contribution in [-0.4, -0.2) is 83.5 Å². The first-order valence-corrected chi connectivity index (χ1v) is 14.3. The van der Waals surface area contributed by atoms with E-state index in [1.165, 1.54) is 12.8 Å².